The fourth-order valence-corrected chi connectivity index (χ4v) is 4.85. The van der Waals surface area contributed by atoms with Gasteiger partial charge in [0.05, 0.1) is 18.2 Å². The minimum Gasteiger partial charge on any atom is -0.507 e. The van der Waals surface area contributed by atoms with Crippen molar-refractivity contribution in [2.24, 2.45) is 0 Å². The largest absolute Gasteiger partial charge is 0.507 e. The van der Waals surface area contributed by atoms with Gasteiger partial charge in [-0.25, -0.2) is 4.79 Å². The molecule has 0 radical (unpaired) electrons. The number of carbonyl (C=O) groups excluding carboxylic acids is 2. The van der Waals surface area contributed by atoms with E-state index in [4.69, 9.17) is 0 Å². The number of hydrogen-bond acceptors (Lipinski definition) is 5. The second-order valence-electron chi connectivity index (χ2n) is 9.71. The second kappa shape index (κ2) is 11.8. The molecule has 4 rings (SSSR count). The number of benzene rings is 3. The van der Waals surface area contributed by atoms with Crippen LogP contribution in [0.4, 0.5) is 26.3 Å². The van der Waals surface area contributed by atoms with Gasteiger partial charge < -0.3 is 14.7 Å². The van der Waals surface area contributed by atoms with Crippen LogP contribution in [0.15, 0.2) is 66.7 Å². The van der Waals surface area contributed by atoms with Gasteiger partial charge in [0.15, 0.2) is 0 Å². The summed E-state index contributed by atoms with van der Waals surface area (Å²) < 4.78 is 85.4. The first kappa shape index (κ1) is 29.9. The quantitative estimate of drug-likeness (QED) is 0.296. The summed E-state index contributed by atoms with van der Waals surface area (Å²) in [5, 5.41) is 10.3. The van der Waals surface area contributed by atoms with Crippen LogP contribution in [0.1, 0.15) is 43.0 Å². The van der Waals surface area contributed by atoms with Crippen molar-refractivity contribution in [1.82, 2.24) is 9.80 Å². The lowest BCUT2D eigenvalue weighted by Gasteiger charge is -2.42. The topological polar surface area (TPSA) is 70.1 Å². The van der Waals surface area contributed by atoms with Gasteiger partial charge in [0.25, 0.3) is 5.91 Å². The van der Waals surface area contributed by atoms with E-state index < -0.39 is 47.0 Å². The van der Waals surface area contributed by atoms with Gasteiger partial charge in [0, 0.05) is 37.8 Å². The van der Waals surface area contributed by atoms with Crippen LogP contribution in [0.5, 0.6) is 5.75 Å². The lowest BCUT2D eigenvalue weighted by Crippen LogP contribution is -2.55. The van der Waals surface area contributed by atoms with Gasteiger partial charge in [0.1, 0.15) is 11.3 Å². The Balaban J connectivity index is 1.67. The molecule has 3 aromatic rings. The minimum atomic E-state index is -5.09. The molecule has 0 bridgehead atoms. The number of methoxy groups -OCH3 is 1. The Morgan fingerprint density at radius 2 is 1.51 bits per heavy atom. The SMILES string of the molecule is COC(=O)c1ccc(C[C@@H]2CN(Cc3ccccc3)CCN2C(=O)c2cc(C(F)(F)F)cc(C(F)(F)F)c2)cc1O. The Morgan fingerprint density at radius 3 is 2.07 bits per heavy atom. The van der Waals surface area contributed by atoms with Gasteiger partial charge in [-0.1, -0.05) is 36.4 Å². The van der Waals surface area contributed by atoms with Crippen LogP contribution in [0, 0.1) is 0 Å². The Labute approximate surface area is 231 Å². The average Bonchev–Trinajstić information content (AvgIpc) is 2.92. The zero-order valence-corrected chi connectivity index (χ0v) is 21.8. The van der Waals surface area contributed by atoms with Gasteiger partial charge in [0.2, 0.25) is 0 Å². The van der Waals surface area contributed by atoms with Crippen LogP contribution < -0.4 is 0 Å². The van der Waals surface area contributed by atoms with Crippen molar-refractivity contribution in [3.8, 4) is 5.75 Å². The van der Waals surface area contributed by atoms with E-state index in [9.17, 15) is 41.0 Å². The van der Waals surface area contributed by atoms with E-state index in [0.717, 1.165) is 12.7 Å². The molecule has 0 unspecified atom stereocenters. The monoisotopic (exact) mass is 580 g/mol. The van der Waals surface area contributed by atoms with E-state index in [2.05, 4.69) is 4.74 Å². The standard InChI is InChI=1S/C29H26F6N2O4/c1-41-27(40)24-8-7-19(12-25(24)38)11-23-17-36(16-18-5-3-2-4-6-18)9-10-37(23)26(39)20-13-21(28(30,31)32)15-22(14-20)29(33,34)35/h2-8,12-15,23,38H,9-11,16-17H2,1H3/t23-/m1/s1. The minimum absolute atomic E-state index is 0.0162. The molecule has 0 aliphatic carbocycles. The summed E-state index contributed by atoms with van der Waals surface area (Å²) in [5.74, 6) is -2.10. The summed E-state index contributed by atoms with van der Waals surface area (Å²) in [6, 6.07) is 13.8. The Hall–Kier alpha value is -4.06. The third-order valence-corrected chi connectivity index (χ3v) is 6.85. The molecule has 6 nitrogen and oxygen atoms in total. The predicted molar refractivity (Wildman–Crippen MR) is 136 cm³/mol. The molecule has 1 heterocycles. The molecule has 1 N–H and O–H groups in total. The van der Waals surface area contributed by atoms with Gasteiger partial charge in [-0.3, -0.25) is 9.69 Å². The molecule has 12 heteroatoms. The maximum Gasteiger partial charge on any atom is 0.416 e. The summed E-state index contributed by atoms with van der Waals surface area (Å²) in [5.41, 5.74) is -2.46. The molecule has 0 aromatic heterocycles. The lowest BCUT2D eigenvalue weighted by atomic mass is 9.98. The number of aromatic hydroxyl groups is 1. The number of hydrogen-bond donors (Lipinski definition) is 1. The molecule has 1 amide bonds. The maximum atomic E-state index is 13.5. The molecule has 218 valence electrons. The summed E-state index contributed by atoms with van der Waals surface area (Å²) in [6.07, 6.45) is -10.1. The number of esters is 1. The molecular formula is C29H26F6N2O4. The lowest BCUT2D eigenvalue weighted by molar-refractivity contribution is -0.143. The number of phenolic OH excluding ortho intramolecular Hbond substituents is 1. The summed E-state index contributed by atoms with van der Waals surface area (Å²) in [6.45, 7) is 1.13. The third-order valence-electron chi connectivity index (χ3n) is 6.85. The Morgan fingerprint density at radius 1 is 0.878 bits per heavy atom. The van der Waals surface area contributed by atoms with Gasteiger partial charge in [-0.15, -0.1) is 0 Å². The number of ether oxygens (including phenoxy) is 1. The molecule has 1 aliphatic rings. The molecule has 1 atom stereocenters. The summed E-state index contributed by atoms with van der Waals surface area (Å²) >= 11 is 0. The van der Waals surface area contributed by atoms with Gasteiger partial charge >= 0.3 is 18.3 Å². The first-order valence-corrected chi connectivity index (χ1v) is 12.5. The van der Waals surface area contributed by atoms with E-state index in [0.29, 0.717) is 30.8 Å². The number of phenols is 1. The highest BCUT2D eigenvalue weighted by Gasteiger charge is 2.39. The molecule has 3 aromatic carbocycles. The van der Waals surface area contributed by atoms with Crippen molar-refractivity contribution in [3.05, 3.63) is 100 Å². The van der Waals surface area contributed by atoms with E-state index in [-0.39, 0.29) is 36.9 Å². The smallest absolute Gasteiger partial charge is 0.416 e. The second-order valence-corrected chi connectivity index (χ2v) is 9.71. The van der Waals surface area contributed by atoms with E-state index in [1.165, 1.54) is 23.1 Å². The fraction of sp³-hybridized carbons (Fsp3) is 0.310. The maximum absolute atomic E-state index is 13.5. The zero-order valence-electron chi connectivity index (χ0n) is 21.8. The van der Waals surface area contributed by atoms with E-state index >= 15 is 0 Å². The fourth-order valence-electron chi connectivity index (χ4n) is 4.85. The summed E-state index contributed by atoms with van der Waals surface area (Å²) in [7, 11) is 1.15. The van der Waals surface area contributed by atoms with Crippen LogP contribution in [0.25, 0.3) is 0 Å². The van der Waals surface area contributed by atoms with Crippen molar-refractivity contribution >= 4 is 11.9 Å². The molecule has 41 heavy (non-hydrogen) atoms. The van der Waals surface area contributed by atoms with Crippen LogP contribution in [-0.4, -0.2) is 59.6 Å². The van der Waals surface area contributed by atoms with Crippen molar-refractivity contribution in [3.63, 3.8) is 0 Å². The normalized spacial score (nSPS) is 16.5. The number of alkyl halides is 6. The number of rotatable bonds is 6. The molecule has 1 fully saturated rings. The molecule has 0 spiro atoms. The van der Waals surface area contributed by atoms with E-state index in [1.54, 1.807) is 0 Å². The number of amides is 1. The van der Waals surface area contributed by atoms with Crippen molar-refractivity contribution in [2.45, 2.75) is 31.4 Å². The average molecular weight is 581 g/mol. The highest BCUT2D eigenvalue weighted by Crippen LogP contribution is 2.37. The van der Waals surface area contributed by atoms with Crippen LogP contribution in [-0.2, 0) is 30.1 Å². The number of piperazine rings is 1. The first-order chi connectivity index (χ1) is 19.3. The van der Waals surface area contributed by atoms with Crippen molar-refractivity contribution < 1.29 is 45.8 Å². The Bertz CT molecular complexity index is 1380. The highest BCUT2D eigenvalue weighted by atomic mass is 19.4. The number of nitrogens with zero attached hydrogens (tertiary/aromatic N) is 2. The molecule has 1 saturated heterocycles. The van der Waals surface area contributed by atoms with Crippen LogP contribution >= 0.6 is 0 Å². The van der Waals surface area contributed by atoms with Gasteiger partial charge in [-0.05, 0) is 47.9 Å². The van der Waals surface area contributed by atoms with Crippen LogP contribution in [0.3, 0.4) is 0 Å². The molecule has 1 aliphatic heterocycles. The van der Waals surface area contributed by atoms with Crippen molar-refractivity contribution in [1.29, 1.82) is 0 Å². The molecule has 0 saturated carbocycles. The molecular weight excluding hydrogens is 554 g/mol. The third kappa shape index (κ3) is 7.18. The zero-order chi connectivity index (χ0) is 29.9. The Kier molecular flexibility index (Phi) is 8.62. The number of carbonyl (C=O) groups is 2. The summed E-state index contributed by atoms with van der Waals surface area (Å²) in [4.78, 5) is 28.7. The highest BCUT2D eigenvalue weighted by molar-refractivity contribution is 5.95. The number of halogens is 6. The van der Waals surface area contributed by atoms with Crippen molar-refractivity contribution in [2.75, 3.05) is 26.7 Å². The van der Waals surface area contributed by atoms with Gasteiger partial charge in [-0.2, -0.15) is 26.3 Å². The van der Waals surface area contributed by atoms with Crippen LogP contribution in [0.2, 0.25) is 0 Å². The first-order valence-electron chi connectivity index (χ1n) is 12.5. The van der Waals surface area contributed by atoms with E-state index in [1.807, 2.05) is 35.2 Å². The predicted octanol–water partition coefficient (Wildman–Crippen LogP) is 5.79.